The van der Waals surface area contributed by atoms with E-state index < -0.39 is 0 Å². The van der Waals surface area contributed by atoms with Crippen LogP contribution in [-0.4, -0.2) is 33.2 Å². The van der Waals surface area contributed by atoms with Crippen LogP contribution in [0.25, 0.3) is 11.2 Å². The van der Waals surface area contributed by atoms with Crippen molar-refractivity contribution in [2.45, 2.75) is 13.5 Å². The molecule has 3 aromatic rings. The molecule has 0 aliphatic rings. The number of rotatable bonds is 5. The van der Waals surface area contributed by atoms with Gasteiger partial charge in [0.1, 0.15) is 12.1 Å². The van der Waals surface area contributed by atoms with Crippen molar-refractivity contribution in [3.05, 3.63) is 42.2 Å². The normalized spacial score (nSPS) is 11.0. The summed E-state index contributed by atoms with van der Waals surface area (Å²) < 4.78 is 20.6. The number of hydrogen-bond acceptors (Lipinski definition) is 5. The van der Waals surface area contributed by atoms with E-state index in [0.717, 1.165) is 0 Å². The first kappa shape index (κ1) is 14.4. The van der Waals surface area contributed by atoms with E-state index in [1.807, 2.05) is 4.57 Å². The number of aromatic nitrogens is 4. The lowest BCUT2D eigenvalue weighted by Gasteiger charge is -2.07. The topological polar surface area (TPSA) is 64.9 Å². The summed E-state index contributed by atoms with van der Waals surface area (Å²) in [7, 11) is 1.65. The first-order chi connectivity index (χ1) is 10.7. The number of methoxy groups -OCH3 is 1. The van der Waals surface area contributed by atoms with Gasteiger partial charge >= 0.3 is 0 Å². The number of imidazole rings is 1. The van der Waals surface area contributed by atoms with Crippen molar-refractivity contribution in [2.24, 2.45) is 0 Å². The summed E-state index contributed by atoms with van der Waals surface area (Å²) in [5.41, 5.74) is 2.57. The van der Waals surface area contributed by atoms with Gasteiger partial charge in [-0.15, -0.1) is 0 Å². The van der Waals surface area contributed by atoms with Gasteiger partial charge in [0.2, 0.25) is 0 Å². The van der Waals surface area contributed by atoms with Gasteiger partial charge in [-0.25, -0.2) is 19.3 Å². The van der Waals surface area contributed by atoms with Crippen molar-refractivity contribution in [2.75, 3.05) is 19.0 Å². The average molecular weight is 301 g/mol. The van der Waals surface area contributed by atoms with Gasteiger partial charge in [0.15, 0.2) is 17.0 Å². The second-order valence-corrected chi connectivity index (χ2v) is 4.91. The van der Waals surface area contributed by atoms with Gasteiger partial charge in [0, 0.05) is 19.3 Å². The fraction of sp³-hybridized carbons (Fsp3) is 0.267. The van der Waals surface area contributed by atoms with Crippen molar-refractivity contribution in [1.82, 2.24) is 19.5 Å². The molecule has 6 nitrogen and oxygen atoms in total. The van der Waals surface area contributed by atoms with Gasteiger partial charge in [-0.05, 0) is 24.6 Å². The maximum absolute atomic E-state index is 13.6. The van der Waals surface area contributed by atoms with Crippen molar-refractivity contribution >= 4 is 22.7 Å². The Kier molecular flexibility index (Phi) is 3.97. The molecule has 3 rings (SSSR count). The summed E-state index contributed by atoms with van der Waals surface area (Å²) in [6.45, 7) is 2.95. The molecule has 7 heteroatoms. The molecule has 0 aliphatic heterocycles. The van der Waals surface area contributed by atoms with E-state index in [1.165, 1.54) is 12.4 Å². The number of anilines is 2. The fourth-order valence-corrected chi connectivity index (χ4v) is 2.13. The van der Waals surface area contributed by atoms with Gasteiger partial charge < -0.3 is 14.6 Å². The highest BCUT2D eigenvalue weighted by Gasteiger charge is 2.10. The molecule has 2 aromatic heterocycles. The molecule has 0 fully saturated rings. The van der Waals surface area contributed by atoms with Crippen LogP contribution < -0.4 is 5.32 Å². The highest BCUT2D eigenvalue weighted by atomic mass is 19.1. The largest absolute Gasteiger partial charge is 0.383 e. The van der Waals surface area contributed by atoms with E-state index >= 15 is 0 Å². The monoisotopic (exact) mass is 301 g/mol. The van der Waals surface area contributed by atoms with Crippen LogP contribution in [-0.2, 0) is 11.3 Å². The molecule has 0 aliphatic carbocycles. The van der Waals surface area contributed by atoms with Crippen LogP contribution in [0.3, 0.4) is 0 Å². The minimum Gasteiger partial charge on any atom is -0.383 e. The van der Waals surface area contributed by atoms with Gasteiger partial charge in [0.25, 0.3) is 0 Å². The predicted molar refractivity (Wildman–Crippen MR) is 81.6 cm³/mol. The maximum Gasteiger partial charge on any atom is 0.165 e. The minimum absolute atomic E-state index is 0.263. The van der Waals surface area contributed by atoms with Crippen LogP contribution in [0.15, 0.2) is 30.9 Å². The summed E-state index contributed by atoms with van der Waals surface area (Å²) >= 11 is 0. The maximum atomic E-state index is 13.6. The number of nitrogens with one attached hydrogen (secondary N) is 1. The second-order valence-electron chi connectivity index (χ2n) is 4.91. The lowest BCUT2D eigenvalue weighted by molar-refractivity contribution is 0.188. The van der Waals surface area contributed by atoms with Crippen LogP contribution in [0.5, 0.6) is 0 Å². The minimum atomic E-state index is -0.263. The van der Waals surface area contributed by atoms with E-state index in [-0.39, 0.29) is 5.82 Å². The summed E-state index contributed by atoms with van der Waals surface area (Å²) in [5.74, 6) is 0.283. The molecule has 22 heavy (non-hydrogen) atoms. The Morgan fingerprint density at radius 2 is 2.14 bits per heavy atom. The van der Waals surface area contributed by atoms with Crippen LogP contribution in [0.2, 0.25) is 0 Å². The van der Waals surface area contributed by atoms with Gasteiger partial charge in [-0.2, -0.15) is 0 Å². The number of fused-ring (bicyclic) bond motifs is 1. The summed E-state index contributed by atoms with van der Waals surface area (Å²) in [6.07, 6.45) is 3.15. The van der Waals surface area contributed by atoms with Crippen molar-refractivity contribution < 1.29 is 9.13 Å². The molecule has 0 atom stereocenters. The zero-order chi connectivity index (χ0) is 15.5. The SMILES string of the molecule is COCCn1cnc2c(Nc3ccc(C)c(F)c3)ncnc21. The van der Waals surface area contributed by atoms with Crippen LogP contribution in [0.1, 0.15) is 5.56 Å². The molecular weight excluding hydrogens is 285 g/mol. The van der Waals surface area contributed by atoms with E-state index in [9.17, 15) is 4.39 Å². The molecule has 114 valence electrons. The third-order valence-corrected chi connectivity index (χ3v) is 3.37. The standard InChI is InChI=1S/C15H16FN5O/c1-10-3-4-11(7-12(10)16)20-14-13-15(18-8-17-14)21(9-19-13)5-6-22-2/h3-4,7-9H,5-6H2,1-2H3,(H,17,18,20). The van der Waals surface area contributed by atoms with E-state index in [2.05, 4.69) is 20.3 Å². The average Bonchev–Trinajstić information content (AvgIpc) is 2.93. The number of aryl methyl sites for hydroxylation is 1. The highest BCUT2D eigenvalue weighted by Crippen LogP contribution is 2.22. The Morgan fingerprint density at radius 1 is 1.27 bits per heavy atom. The molecule has 1 N–H and O–H groups in total. The highest BCUT2D eigenvalue weighted by molar-refractivity contribution is 5.85. The molecule has 0 spiro atoms. The Bertz CT molecular complexity index is 802. The van der Waals surface area contributed by atoms with Crippen LogP contribution >= 0.6 is 0 Å². The number of nitrogens with zero attached hydrogens (tertiary/aromatic N) is 4. The Morgan fingerprint density at radius 3 is 2.91 bits per heavy atom. The van der Waals surface area contributed by atoms with Gasteiger partial charge in [0.05, 0.1) is 12.9 Å². The molecular formula is C15H16FN5O. The van der Waals surface area contributed by atoms with Gasteiger partial charge in [-0.1, -0.05) is 6.07 Å². The van der Waals surface area contributed by atoms with E-state index in [0.29, 0.717) is 41.4 Å². The molecule has 2 heterocycles. The fourth-order valence-electron chi connectivity index (χ4n) is 2.13. The number of benzene rings is 1. The molecule has 0 saturated carbocycles. The van der Waals surface area contributed by atoms with E-state index in [4.69, 9.17) is 4.74 Å². The summed E-state index contributed by atoms with van der Waals surface area (Å²) in [6, 6.07) is 4.95. The molecule has 1 aromatic carbocycles. The summed E-state index contributed by atoms with van der Waals surface area (Å²) in [4.78, 5) is 12.8. The lowest BCUT2D eigenvalue weighted by Crippen LogP contribution is -2.04. The van der Waals surface area contributed by atoms with Crippen molar-refractivity contribution in [3.63, 3.8) is 0 Å². The molecule has 0 radical (unpaired) electrons. The van der Waals surface area contributed by atoms with Crippen molar-refractivity contribution in [3.8, 4) is 0 Å². The number of hydrogen-bond donors (Lipinski definition) is 1. The Hall–Kier alpha value is -2.54. The lowest BCUT2D eigenvalue weighted by atomic mass is 10.2. The zero-order valence-electron chi connectivity index (χ0n) is 12.4. The Labute approximate surface area is 127 Å². The Balaban J connectivity index is 1.93. The number of ether oxygens (including phenoxy) is 1. The zero-order valence-corrected chi connectivity index (χ0v) is 12.4. The third-order valence-electron chi connectivity index (χ3n) is 3.37. The predicted octanol–water partition coefficient (Wildman–Crippen LogP) is 2.66. The van der Waals surface area contributed by atoms with Crippen LogP contribution in [0, 0.1) is 12.7 Å². The van der Waals surface area contributed by atoms with Crippen LogP contribution in [0.4, 0.5) is 15.9 Å². The molecule has 0 amide bonds. The molecule has 0 saturated heterocycles. The third kappa shape index (κ3) is 2.75. The summed E-state index contributed by atoms with van der Waals surface area (Å²) in [5, 5.41) is 3.09. The quantitative estimate of drug-likeness (QED) is 0.785. The van der Waals surface area contributed by atoms with Crippen molar-refractivity contribution in [1.29, 1.82) is 0 Å². The smallest absolute Gasteiger partial charge is 0.165 e. The number of halogens is 1. The van der Waals surface area contributed by atoms with E-state index in [1.54, 1.807) is 32.5 Å². The molecule has 0 bridgehead atoms. The first-order valence-electron chi connectivity index (χ1n) is 6.87. The second kappa shape index (κ2) is 6.07. The first-order valence-corrected chi connectivity index (χ1v) is 6.87. The van der Waals surface area contributed by atoms with Gasteiger partial charge in [-0.3, -0.25) is 0 Å². The molecule has 0 unspecified atom stereocenters.